The van der Waals surface area contributed by atoms with E-state index in [1.807, 2.05) is 0 Å². The molecular weight excluding hydrogens is 152 g/mol. The second-order valence-corrected chi connectivity index (χ2v) is 3.49. The zero-order valence-corrected chi connectivity index (χ0v) is 8.29. The van der Waals surface area contributed by atoms with Gasteiger partial charge in [-0.3, -0.25) is 0 Å². The normalized spacial score (nSPS) is 16.0. The molecule has 0 saturated carbocycles. The molecule has 2 nitrogen and oxygen atoms in total. The Morgan fingerprint density at radius 3 is 1.33 bits per heavy atom. The molecule has 0 amide bonds. The monoisotopic (exact) mass is 174 g/mol. The molecule has 0 aliphatic heterocycles. The molecule has 2 N–H and O–H groups in total. The van der Waals surface area contributed by atoms with Crippen LogP contribution in [0, 0.1) is 11.8 Å². The van der Waals surface area contributed by atoms with Gasteiger partial charge < -0.3 is 10.2 Å². The van der Waals surface area contributed by atoms with E-state index in [4.69, 9.17) is 10.2 Å². The lowest BCUT2D eigenvalue weighted by molar-refractivity contribution is 0.178. The first kappa shape index (κ1) is 11.9. The standard InChI is InChI=1S/C10H22O2/c1-3-9(7-11)5-6-10(4-2)8-12/h9-12H,3-8H2,1-2H3. The quantitative estimate of drug-likeness (QED) is 0.618. The van der Waals surface area contributed by atoms with E-state index in [1.54, 1.807) is 0 Å². The summed E-state index contributed by atoms with van der Waals surface area (Å²) in [6.07, 6.45) is 4.18. The minimum absolute atomic E-state index is 0.290. The third-order valence-electron chi connectivity index (χ3n) is 2.65. The fourth-order valence-electron chi connectivity index (χ4n) is 1.32. The van der Waals surface area contributed by atoms with Crippen LogP contribution in [0.2, 0.25) is 0 Å². The Kier molecular flexibility index (Phi) is 7.51. The molecule has 12 heavy (non-hydrogen) atoms. The molecule has 0 bridgehead atoms. The highest BCUT2D eigenvalue weighted by atomic mass is 16.3. The topological polar surface area (TPSA) is 40.5 Å². The van der Waals surface area contributed by atoms with Crippen LogP contribution in [0.3, 0.4) is 0 Å². The maximum atomic E-state index is 8.92. The Morgan fingerprint density at radius 1 is 0.833 bits per heavy atom. The number of rotatable bonds is 7. The second-order valence-electron chi connectivity index (χ2n) is 3.49. The summed E-state index contributed by atoms with van der Waals surface area (Å²) in [4.78, 5) is 0. The van der Waals surface area contributed by atoms with E-state index in [0.717, 1.165) is 25.7 Å². The smallest absolute Gasteiger partial charge is 0.0459 e. The summed E-state index contributed by atoms with van der Waals surface area (Å²) in [5, 5.41) is 17.8. The van der Waals surface area contributed by atoms with E-state index in [9.17, 15) is 0 Å². The lowest BCUT2D eigenvalue weighted by atomic mass is 9.93. The maximum Gasteiger partial charge on any atom is 0.0459 e. The van der Waals surface area contributed by atoms with Crippen LogP contribution in [0.15, 0.2) is 0 Å². The van der Waals surface area contributed by atoms with Crippen molar-refractivity contribution in [3.05, 3.63) is 0 Å². The van der Waals surface area contributed by atoms with Crippen molar-refractivity contribution in [1.29, 1.82) is 0 Å². The van der Waals surface area contributed by atoms with Crippen molar-refractivity contribution in [2.75, 3.05) is 13.2 Å². The predicted molar refractivity (Wildman–Crippen MR) is 51.0 cm³/mol. The first-order valence-corrected chi connectivity index (χ1v) is 5.00. The summed E-state index contributed by atoms with van der Waals surface area (Å²) < 4.78 is 0. The lowest BCUT2D eigenvalue weighted by Gasteiger charge is -2.15. The highest BCUT2D eigenvalue weighted by Crippen LogP contribution is 2.16. The first-order valence-electron chi connectivity index (χ1n) is 5.00. The molecule has 0 spiro atoms. The summed E-state index contributed by atoms with van der Waals surface area (Å²) in [7, 11) is 0. The first-order chi connectivity index (χ1) is 5.78. The van der Waals surface area contributed by atoms with Gasteiger partial charge in [-0.1, -0.05) is 26.7 Å². The Morgan fingerprint density at radius 2 is 1.17 bits per heavy atom. The highest BCUT2D eigenvalue weighted by molar-refractivity contribution is 4.60. The molecule has 0 aromatic rings. The molecule has 2 atom stereocenters. The van der Waals surface area contributed by atoms with Gasteiger partial charge >= 0.3 is 0 Å². The predicted octanol–water partition coefficient (Wildman–Crippen LogP) is 1.80. The van der Waals surface area contributed by atoms with Gasteiger partial charge in [0.1, 0.15) is 0 Å². The Labute approximate surface area is 75.6 Å². The molecule has 0 saturated heterocycles. The van der Waals surface area contributed by atoms with Crippen LogP contribution in [0.4, 0.5) is 0 Å². The fourth-order valence-corrected chi connectivity index (χ4v) is 1.32. The Bertz CT molecular complexity index is 73.8. The van der Waals surface area contributed by atoms with Gasteiger partial charge in [-0.05, 0) is 24.7 Å². The molecule has 0 rings (SSSR count). The van der Waals surface area contributed by atoms with Crippen molar-refractivity contribution in [1.82, 2.24) is 0 Å². The van der Waals surface area contributed by atoms with Crippen LogP contribution in [0.25, 0.3) is 0 Å². The van der Waals surface area contributed by atoms with Crippen LogP contribution in [0.5, 0.6) is 0 Å². The summed E-state index contributed by atoms with van der Waals surface area (Å²) in [5.74, 6) is 0.871. The van der Waals surface area contributed by atoms with Crippen LogP contribution >= 0.6 is 0 Å². The minimum atomic E-state index is 0.290. The van der Waals surface area contributed by atoms with Crippen LogP contribution < -0.4 is 0 Å². The molecule has 2 unspecified atom stereocenters. The van der Waals surface area contributed by atoms with E-state index < -0.39 is 0 Å². The lowest BCUT2D eigenvalue weighted by Crippen LogP contribution is -2.10. The van der Waals surface area contributed by atoms with Crippen molar-refractivity contribution in [2.45, 2.75) is 39.5 Å². The van der Waals surface area contributed by atoms with Crippen LogP contribution in [0.1, 0.15) is 39.5 Å². The number of aliphatic hydroxyl groups excluding tert-OH is 2. The summed E-state index contributed by atoms with van der Waals surface area (Å²) >= 11 is 0. The minimum Gasteiger partial charge on any atom is -0.396 e. The zero-order valence-electron chi connectivity index (χ0n) is 8.29. The van der Waals surface area contributed by atoms with Crippen molar-refractivity contribution < 1.29 is 10.2 Å². The van der Waals surface area contributed by atoms with Crippen molar-refractivity contribution >= 4 is 0 Å². The van der Waals surface area contributed by atoms with Gasteiger partial charge in [-0.25, -0.2) is 0 Å². The van der Waals surface area contributed by atoms with E-state index >= 15 is 0 Å². The summed E-state index contributed by atoms with van der Waals surface area (Å²) in [5.41, 5.74) is 0. The van der Waals surface area contributed by atoms with Gasteiger partial charge in [-0.2, -0.15) is 0 Å². The molecule has 0 aliphatic carbocycles. The Hall–Kier alpha value is -0.0800. The highest BCUT2D eigenvalue weighted by Gasteiger charge is 2.09. The average molecular weight is 174 g/mol. The van der Waals surface area contributed by atoms with E-state index in [1.165, 1.54) is 0 Å². The Balaban J connectivity index is 3.49. The number of aliphatic hydroxyl groups is 2. The van der Waals surface area contributed by atoms with Crippen molar-refractivity contribution in [3.63, 3.8) is 0 Å². The number of hydrogen-bond acceptors (Lipinski definition) is 2. The molecule has 0 aliphatic rings. The van der Waals surface area contributed by atoms with Crippen LogP contribution in [-0.2, 0) is 0 Å². The molecule has 0 heterocycles. The maximum absolute atomic E-state index is 8.92. The van der Waals surface area contributed by atoms with Crippen molar-refractivity contribution in [2.24, 2.45) is 11.8 Å². The van der Waals surface area contributed by atoms with E-state index in [0.29, 0.717) is 25.0 Å². The fraction of sp³-hybridized carbons (Fsp3) is 1.00. The van der Waals surface area contributed by atoms with Gasteiger partial charge in [0.2, 0.25) is 0 Å². The van der Waals surface area contributed by atoms with Gasteiger partial charge in [0.25, 0.3) is 0 Å². The summed E-state index contributed by atoms with van der Waals surface area (Å²) in [6, 6.07) is 0. The third-order valence-corrected chi connectivity index (χ3v) is 2.65. The zero-order chi connectivity index (χ0) is 9.40. The van der Waals surface area contributed by atoms with Gasteiger partial charge in [-0.15, -0.1) is 0 Å². The largest absolute Gasteiger partial charge is 0.396 e. The average Bonchev–Trinajstić information content (AvgIpc) is 2.13. The molecule has 0 aromatic carbocycles. The second kappa shape index (κ2) is 7.56. The third kappa shape index (κ3) is 4.73. The molecule has 0 fully saturated rings. The molecule has 2 heteroatoms. The van der Waals surface area contributed by atoms with Crippen molar-refractivity contribution in [3.8, 4) is 0 Å². The number of hydrogen-bond donors (Lipinski definition) is 2. The van der Waals surface area contributed by atoms with Gasteiger partial charge in [0.05, 0.1) is 0 Å². The van der Waals surface area contributed by atoms with E-state index in [2.05, 4.69) is 13.8 Å². The summed E-state index contributed by atoms with van der Waals surface area (Å²) in [6.45, 7) is 4.78. The molecule has 0 radical (unpaired) electrons. The SMILES string of the molecule is CCC(CO)CCC(CC)CO. The van der Waals surface area contributed by atoms with Crippen LogP contribution in [-0.4, -0.2) is 23.4 Å². The van der Waals surface area contributed by atoms with Gasteiger partial charge in [0, 0.05) is 13.2 Å². The van der Waals surface area contributed by atoms with Gasteiger partial charge in [0.15, 0.2) is 0 Å². The van der Waals surface area contributed by atoms with E-state index in [-0.39, 0.29) is 0 Å². The molecular formula is C10H22O2. The molecule has 0 aromatic heterocycles. The molecule has 74 valence electrons.